The van der Waals surface area contributed by atoms with Crippen molar-refractivity contribution >= 4 is 45.3 Å². The first-order valence-corrected chi connectivity index (χ1v) is 7.74. The summed E-state index contributed by atoms with van der Waals surface area (Å²) in [6.45, 7) is 4.88. The molecule has 114 valence electrons. The van der Waals surface area contributed by atoms with Gasteiger partial charge in [-0.2, -0.15) is 0 Å². The SMILES string of the molecule is CCOc1cc2nc3cc(Cl)c(OCC)cc3nc2cc1Cl. The Kier molecular flexibility index (Phi) is 4.23. The van der Waals surface area contributed by atoms with Crippen LogP contribution in [0.3, 0.4) is 0 Å². The monoisotopic (exact) mass is 336 g/mol. The van der Waals surface area contributed by atoms with Gasteiger partial charge in [0.25, 0.3) is 0 Å². The Labute approximate surface area is 138 Å². The lowest BCUT2D eigenvalue weighted by Crippen LogP contribution is -1.96. The lowest BCUT2D eigenvalue weighted by Gasteiger charge is -2.09. The first-order chi connectivity index (χ1) is 10.6. The smallest absolute Gasteiger partial charge is 0.140 e. The number of hydrogen-bond acceptors (Lipinski definition) is 4. The number of fused-ring (bicyclic) bond motifs is 2. The molecule has 3 aromatic rings. The zero-order valence-electron chi connectivity index (χ0n) is 12.2. The Morgan fingerprint density at radius 2 is 1.09 bits per heavy atom. The molecule has 22 heavy (non-hydrogen) atoms. The highest BCUT2D eigenvalue weighted by Gasteiger charge is 2.10. The lowest BCUT2D eigenvalue weighted by atomic mass is 10.2. The summed E-state index contributed by atoms with van der Waals surface area (Å²) in [6, 6.07) is 7.09. The standard InChI is InChI=1S/C16H14Cl2N2O2/c1-3-21-15-7-13-11(5-9(15)17)20-14-8-16(22-4-2)10(18)6-12(14)19-13/h5-8H,3-4H2,1-2H3. The quantitative estimate of drug-likeness (QED) is 0.636. The molecule has 0 aliphatic heterocycles. The van der Waals surface area contributed by atoms with Crippen LogP contribution in [0.1, 0.15) is 13.8 Å². The predicted molar refractivity (Wildman–Crippen MR) is 89.4 cm³/mol. The Bertz CT molecular complexity index is 781. The van der Waals surface area contributed by atoms with Gasteiger partial charge in [-0.05, 0) is 26.0 Å². The van der Waals surface area contributed by atoms with Crippen LogP contribution in [0.4, 0.5) is 0 Å². The van der Waals surface area contributed by atoms with E-state index < -0.39 is 0 Å². The zero-order valence-corrected chi connectivity index (χ0v) is 13.7. The largest absolute Gasteiger partial charge is 0.492 e. The lowest BCUT2D eigenvalue weighted by molar-refractivity contribution is 0.340. The van der Waals surface area contributed by atoms with E-state index in [-0.39, 0.29) is 0 Å². The van der Waals surface area contributed by atoms with Crippen molar-refractivity contribution in [3.05, 3.63) is 34.3 Å². The maximum absolute atomic E-state index is 6.20. The van der Waals surface area contributed by atoms with Crippen molar-refractivity contribution in [1.82, 2.24) is 9.97 Å². The average molecular weight is 337 g/mol. The van der Waals surface area contributed by atoms with E-state index in [0.717, 1.165) is 0 Å². The summed E-state index contributed by atoms with van der Waals surface area (Å²) < 4.78 is 11.0. The fourth-order valence-electron chi connectivity index (χ4n) is 2.21. The number of aromatic nitrogens is 2. The number of nitrogens with zero attached hydrogens (tertiary/aromatic N) is 2. The van der Waals surface area contributed by atoms with Gasteiger partial charge in [-0.1, -0.05) is 23.2 Å². The Morgan fingerprint density at radius 3 is 1.45 bits per heavy atom. The summed E-state index contributed by atoms with van der Waals surface area (Å²) in [5, 5.41) is 1.03. The molecule has 0 fully saturated rings. The highest BCUT2D eigenvalue weighted by Crippen LogP contribution is 2.32. The van der Waals surface area contributed by atoms with E-state index in [4.69, 9.17) is 32.7 Å². The van der Waals surface area contributed by atoms with Crippen LogP contribution in [-0.2, 0) is 0 Å². The number of hydrogen-bond donors (Lipinski definition) is 0. The minimum atomic E-state index is 0.516. The van der Waals surface area contributed by atoms with Gasteiger partial charge in [-0.3, -0.25) is 0 Å². The van der Waals surface area contributed by atoms with Gasteiger partial charge in [0.05, 0.1) is 45.3 Å². The number of benzene rings is 2. The molecule has 3 rings (SSSR count). The van der Waals surface area contributed by atoms with Crippen LogP contribution in [0.25, 0.3) is 22.1 Å². The van der Waals surface area contributed by atoms with Crippen molar-refractivity contribution in [2.24, 2.45) is 0 Å². The van der Waals surface area contributed by atoms with Crippen molar-refractivity contribution in [1.29, 1.82) is 0 Å². The molecule has 2 aromatic carbocycles. The molecule has 0 N–H and O–H groups in total. The van der Waals surface area contributed by atoms with Crippen LogP contribution in [0.5, 0.6) is 11.5 Å². The van der Waals surface area contributed by atoms with E-state index in [2.05, 4.69) is 9.97 Å². The van der Waals surface area contributed by atoms with E-state index in [0.29, 0.717) is 56.8 Å². The molecule has 0 aliphatic rings. The Balaban J connectivity index is 2.21. The average Bonchev–Trinajstić information content (AvgIpc) is 2.48. The third kappa shape index (κ3) is 2.76. The van der Waals surface area contributed by atoms with E-state index in [1.54, 1.807) is 24.3 Å². The zero-order chi connectivity index (χ0) is 15.7. The second-order valence-electron chi connectivity index (χ2n) is 4.63. The highest BCUT2D eigenvalue weighted by molar-refractivity contribution is 6.33. The molecule has 0 atom stereocenters. The van der Waals surface area contributed by atoms with Crippen LogP contribution < -0.4 is 9.47 Å². The Hall–Kier alpha value is -1.78. The number of halogens is 2. The van der Waals surface area contributed by atoms with Crippen molar-refractivity contribution in [3.8, 4) is 11.5 Å². The molecular weight excluding hydrogens is 323 g/mol. The van der Waals surface area contributed by atoms with Gasteiger partial charge in [0.2, 0.25) is 0 Å². The molecule has 0 saturated heterocycles. The second-order valence-corrected chi connectivity index (χ2v) is 5.45. The van der Waals surface area contributed by atoms with Gasteiger partial charge in [0, 0.05) is 12.1 Å². The molecular formula is C16H14Cl2N2O2. The van der Waals surface area contributed by atoms with Gasteiger partial charge in [0.1, 0.15) is 11.5 Å². The van der Waals surface area contributed by atoms with Gasteiger partial charge < -0.3 is 9.47 Å². The summed E-state index contributed by atoms with van der Waals surface area (Å²) in [5.74, 6) is 1.20. The van der Waals surface area contributed by atoms with E-state index in [9.17, 15) is 0 Å². The summed E-state index contributed by atoms with van der Waals surface area (Å²) in [7, 11) is 0. The summed E-state index contributed by atoms with van der Waals surface area (Å²) in [5.41, 5.74) is 2.82. The van der Waals surface area contributed by atoms with Crippen molar-refractivity contribution in [3.63, 3.8) is 0 Å². The molecule has 0 bridgehead atoms. The normalized spacial score (nSPS) is 11.1. The third-order valence-corrected chi connectivity index (χ3v) is 3.73. The van der Waals surface area contributed by atoms with E-state index >= 15 is 0 Å². The minimum absolute atomic E-state index is 0.516. The molecule has 0 radical (unpaired) electrons. The fourth-order valence-corrected chi connectivity index (χ4v) is 2.64. The van der Waals surface area contributed by atoms with Crippen LogP contribution in [0, 0.1) is 0 Å². The van der Waals surface area contributed by atoms with Crippen molar-refractivity contribution in [2.45, 2.75) is 13.8 Å². The summed E-state index contributed by atoms with van der Waals surface area (Å²) in [4.78, 5) is 9.17. The minimum Gasteiger partial charge on any atom is -0.492 e. The fraction of sp³-hybridized carbons (Fsp3) is 0.250. The Morgan fingerprint density at radius 1 is 0.727 bits per heavy atom. The molecule has 1 aromatic heterocycles. The third-order valence-electron chi connectivity index (χ3n) is 3.14. The second kappa shape index (κ2) is 6.15. The van der Waals surface area contributed by atoms with Crippen LogP contribution in [0.2, 0.25) is 10.0 Å². The van der Waals surface area contributed by atoms with Crippen molar-refractivity contribution < 1.29 is 9.47 Å². The van der Waals surface area contributed by atoms with Crippen LogP contribution >= 0.6 is 23.2 Å². The molecule has 0 unspecified atom stereocenters. The molecule has 0 spiro atoms. The van der Waals surface area contributed by atoms with E-state index in [1.807, 2.05) is 13.8 Å². The van der Waals surface area contributed by atoms with Gasteiger partial charge in [-0.15, -0.1) is 0 Å². The van der Waals surface area contributed by atoms with Gasteiger partial charge >= 0.3 is 0 Å². The van der Waals surface area contributed by atoms with E-state index in [1.165, 1.54) is 0 Å². The topological polar surface area (TPSA) is 44.2 Å². The number of ether oxygens (including phenoxy) is 2. The molecule has 6 heteroatoms. The first kappa shape index (κ1) is 15.1. The molecule has 4 nitrogen and oxygen atoms in total. The number of rotatable bonds is 4. The van der Waals surface area contributed by atoms with Crippen LogP contribution in [-0.4, -0.2) is 23.2 Å². The van der Waals surface area contributed by atoms with Gasteiger partial charge in [0.15, 0.2) is 0 Å². The van der Waals surface area contributed by atoms with Gasteiger partial charge in [-0.25, -0.2) is 9.97 Å². The maximum Gasteiger partial charge on any atom is 0.140 e. The molecule has 1 heterocycles. The summed E-state index contributed by atoms with van der Waals surface area (Å²) >= 11 is 12.4. The molecule has 0 aliphatic carbocycles. The molecule has 0 amide bonds. The summed E-state index contributed by atoms with van der Waals surface area (Å²) in [6.07, 6.45) is 0. The highest BCUT2D eigenvalue weighted by atomic mass is 35.5. The van der Waals surface area contributed by atoms with Crippen LogP contribution in [0.15, 0.2) is 24.3 Å². The first-order valence-electron chi connectivity index (χ1n) is 6.98. The predicted octanol–water partition coefficient (Wildman–Crippen LogP) is 4.89. The molecule has 0 saturated carbocycles. The maximum atomic E-state index is 6.20. The van der Waals surface area contributed by atoms with Crippen molar-refractivity contribution in [2.75, 3.05) is 13.2 Å².